The standard InChI is InChI=1S/C28H37FN2O7/c1-5-8-28(30(2)3,15-23(32)35-16-29)26(33)38-25-22(34-4)14-27-9-6-10-31(27)11-7-18-12-20-21(37-17-36-20)13-19(18)24(25)27/h12-14,24-25H,5-11,15-17H2,1-4H3/t24-,25-,27+,28-/m1/s1. The molecule has 0 bridgehead atoms. The molecule has 1 aromatic rings. The van der Waals surface area contributed by atoms with Crippen LogP contribution in [0.5, 0.6) is 11.5 Å². The van der Waals surface area contributed by atoms with Crippen molar-refractivity contribution in [2.75, 3.05) is 47.9 Å². The van der Waals surface area contributed by atoms with Crippen LogP contribution in [-0.4, -0.2) is 86.9 Å². The molecule has 0 unspecified atom stereocenters. The number of hydrogen-bond donors (Lipinski definition) is 0. The Morgan fingerprint density at radius 2 is 2.00 bits per heavy atom. The van der Waals surface area contributed by atoms with Crippen LogP contribution in [0.15, 0.2) is 24.0 Å². The largest absolute Gasteiger partial charge is 0.497 e. The second kappa shape index (κ2) is 10.4. The van der Waals surface area contributed by atoms with Gasteiger partial charge in [-0.1, -0.05) is 13.3 Å². The molecule has 1 spiro atoms. The summed E-state index contributed by atoms with van der Waals surface area (Å²) >= 11 is 0. The quantitative estimate of drug-likeness (QED) is 0.445. The van der Waals surface area contributed by atoms with E-state index in [-0.39, 0.29) is 24.7 Å². The van der Waals surface area contributed by atoms with Crippen molar-refractivity contribution in [3.8, 4) is 11.5 Å². The smallest absolute Gasteiger partial charge is 0.327 e. The molecule has 3 heterocycles. The fourth-order valence-electron chi connectivity index (χ4n) is 6.91. The number of benzene rings is 1. The number of methoxy groups -OCH3 is 1. The third kappa shape index (κ3) is 4.22. The van der Waals surface area contributed by atoms with Crippen LogP contribution in [0.25, 0.3) is 0 Å². The third-order valence-corrected chi connectivity index (χ3v) is 8.75. The van der Waals surface area contributed by atoms with Crippen molar-refractivity contribution in [1.82, 2.24) is 9.80 Å². The highest BCUT2D eigenvalue weighted by atomic mass is 19.1. The zero-order chi connectivity index (χ0) is 27.1. The van der Waals surface area contributed by atoms with E-state index >= 15 is 0 Å². The highest BCUT2D eigenvalue weighted by Gasteiger charge is 2.59. The van der Waals surface area contributed by atoms with E-state index in [1.165, 1.54) is 0 Å². The highest BCUT2D eigenvalue weighted by Crippen LogP contribution is 2.55. The molecule has 3 aliphatic heterocycles. The van der Waals surface area contributed by atoms with Crippen molar-refractivity contribution in [3.05, 3.63) is 35.1 Å². The molecule has 5 rings (SSSR count). The lowest BCUT2D eigenvalue weighted by molar-refractivity contribution is -0.171. The van der Waals surface area contributed by atoms with Crippen LogP contribution in [0.4, 0.5) is 4.39 Å². The first kappa shape index (κ1) is 26.7. The number of esters is 2. The first-order valence-corrected chi connectivity index (χ1v) is 13.3. The average Bonchev–Trinajstić information content (AvgIpc) is 3.57. The first-order chi connectivity index (χ1) is 18.3. The normalized spacial score (nSPS) is 27.1. The van der Waals surface area contributed by atoms with Crippen molar-refractivity contribution < 1.29 is 37.7 Å². The van der Waals surface area contributed by atoms with Crippen LogP contribution >= 0.6 is 0 Å². The lowest BCUT2D eigenvalue weighted by Crippen LogP contribution is -2.55. The topological polar surface area (TPSA) is 86.8 Å². The van der Waals surface area contributed by atoms with E-state index in [4.69, 9.17) is 18.9 Å². The number of nitrogens with zero attached hydrogens (tertiary/aromatic N) is 2. The number of ether oxygens (including phenoxy) is 5. The lowest BCUT2D eigenvalue weighted by atomic mass is 9.77. The van der Waals surface area contributed by atoms with Gasteiger partial charge in [-0.15, -0.1) is 0 Å². The van der Waals surface area contributed by atoms with E-state index < -0.39 is 30.4 Å². The lowest BCUT2D eigenvalue weighted by Gasteiger charge is -2.41. The van der Waals surface area contributed by atoms with Gasteiger partial charge < -0.3 is 23.7 Å². The average molecular weight is 533 g/mol. The number of alkyl halides is 1. The van der Waals surface area contributed by atoms with Crippen LogP contribution in [0.2, 0.25) is 0 Å². The highest BCUT2D eigenvalue weighted by molar-refractivity contribution is 5.87. The molecule has 10 heteroatoms. The minimum atomic E-state index is -1.31. The Labute approximate surface area is 222 Å². The number of hydrogen-bond acceptors (Lipinski definition) is 9. The molecule has 0 saturated carbocycles. The molecular weight excluding hydrogens is 495 g/mol. The van der Waals surface area contributed by atoms with Gasteiger partial charge in [0.15, 0.2) is 17.6 Å². The summed E-state index contributed by atoms with van der Waals surface area (Å²) in [6, 6.07) is 4.08. The zero-order valence-corrected chi connectivity index (χ0v) is 22.6. The summed E-state index contributed by atoms with van der Waals surface area (Å²) in [4.78, 5) is 30.7. The molecule has 1 fully saturated rings. The fraction of sp³-hybridized carbons (Fsp3) is 0.643. The van der Waals surface area contributed by atoms with Crippen molar-refractivity contribution in [1.29, 1.82) is 0 Å². The maximum absolute atomic E-state index is 14.1. The fourth-order valence-corrected chi connectivity index (χ4v) is 6.91. The summed E-state index contributed by atoms with van der Waals surface area (Å²) in [6.07, 6.45) is 4.84. The molecule has 9 nitrogen and oxygen atoms in total. The van der Waals surface area contributed by atoms with Crippen molar-refractivity contribution in [2.24, 2.45) is 0 Å². The Hall–Kier alpha value is -2.85. The Balaban J connectivity index is 1.57. The van der Waals surface area contributed by atoms with Crippen LogP contribution in [-0.2, 0) is 30.2 Å². The van der Waals surface area contributed by atoms with Gasteiger partial charge >= 0.3 is 11.9 Å². The van der Waals surface area contributed by atoms with Crippen molar-refractivity contribution >= 4 is 11.9 Å². The van der Waals surface area contributed by atoms with Crippen LogP contribution in [0, 0.1) is 0 Å². The minimum absolute atomic E-state index is 0.178. The molecule has 0 radical (unpaired) electrons. The molecule has 1 aliphatic carbocycles. The predicted octanol–water partition coefficient (Wildman–Crippen LogP) is 3.31. The number of fused-ring (bicyclic) bond motifs is 3. The van der Waals surface area contributed by atoms with Crippen molar-refractivity contribution in [2.45, 2.75) is 68.5 Å². The number of carbonyl (C=O) groups is 2. The van der Waals surface area contributed by atoms with Gasteiger partial charge in [0, 0.05) is 6.54 Å². The van der Waals surface area contributed by atoms with Crippen LogP contribution < -0.4 is 9.47 Å². The van der Waals surface area contributed by atoms with Crippen LogP contribution in [0.1, 0.15) is 56.1 Å². The number of likely N-dealkylation sites (N-methyl/N-ethyl adjacent to an activating group) is 1. The number of halogens is 1. The van der Waals surface area contributed by atoms with Gasteiger partial charge in [-0.2, -0.15) is 0 Å². The predicted molar refractivity (Wildman–Crippen MR) is 136 cm³/mol. The summed E-state index contributed by atoms with van der Waals surface area (Å²) in [7, 11) is 5.05. The molecule has 208 valence electrons. The molecule has 4 atom stereocenters. The molecule has 0 N–H and O–H groups in total. The van der Waals surface area contributed by atoms with Gasteiger partial charge in [0.05, 0.1) is 25.0 Å². The Bertz CT molecular complexity index is 1120. The molecule has 38 heavy (non-hydrogen) atoms. The van der Waals surface area contributed by atoms with E-state index in [0.29, 0.717) is 24.4 Å². The van der Waals surface area contributed by atoms with Crippen LogP contribution in [0.3, 0.4) is 0 Å². The maximum atomic E-state index is 14.1. The number of rotatable bonds is 9. The SMILES string of the molecule is CCC[C@@](CC(=O)OCF)(C(=O)O[C@@H]1C(OC)=C[C@]23CCCN2CCc2cc4c(cc2[C@H]13)OCO4)N(C)C. The molecule has 1 aromatic carbocycles. The van der Waals surface area contributed by atoms with Crippen molar-refractivity contribution in [3.63, 3.8) is 0 Å². The summed E-state index contributed by atoms with van der Waals surface area (Å²) in [5.41, 5.74) is 0.516. The second-order valence-electron chi connectivity index (χ2n) is 10.8. The number of carbonyl (C=O) groups excluding carboxylic acids is 2. The zero-order valence-electron chi connectivity index (χ0n) is 22.6. The van der Waals surface area contributed by atoms with E-state index in [9.17, 15) is 14.0 Å². The van der Waals surface area contributed by atoms with E-state index in [1.807, 2.05) is 19.1 Å². The first-order valence-electron chi connectivity index (χ1n) is 13.3. The second-order valence-corrected chi connectivity index (χ2v) is 10.8. The molecule has 0 amide bonds. The third-order valence-electron chi connectivity index (χ3n) is 8.75. The molecule has 0 aromatic heterocycles. The summed E-state index contributed by atoms with van der Waals surface area (Å²) in [5.74, 6) is 0.440. The van der Waals surface area contributed by atoms with Gasteiger partial charge in [-0.05, 0) is 75.7 Å². The Morgan fingerprint density at radius 3 is 2.68 bits per heavy atom. The van der Waals surface area contributed by atoms with E-state index in [2.05, 4.69) is 15.7 Å². The summed E-state index contributed by atoms with van der Waals surface area (Å²) in [6.45, 7) is 2.67. The van der Waals surface area contributed by atoms with Gasteiger partial charge in [-0.3, -0.25) is 14.6 Å². The maximum Gasteiger partial charge on any atom is 0.327 e. The molecule has 1 saturated heterocycles. The monoisotopic (exact) mass is 532 g/mol. The summed E-state index contributed by atoms with van der Waals surface area (Å²) < 4.78 is 41.1. The van der Waals surface area contributed by atoms with Gasteiger partial charge in [0.25, 0.3) is 0 Å². The van der Waals surface area contributed by atoms with E-state index in [1.54, 1.807) is 26.1 Å². The molecular formula is C28H37FN2O7. The Kier molecular flexibility index (Phi) is 7.30. The summed E-state index contributed by atoms with van der Waals surface area (Å²) in [5, 5.41) is 0. The van der Waals surface area contributed by atoms with Gasteiger partial charge in [0.2, 0.25) is 13.7 Å². The molecule has 4 aliphatic rings. The van der Waals surface area contributed by atoms with Gasteiger partial charge in [-0.25, -0.2) is 9.18 Å². The van der Waals surface area contributed by atoms with Gasteiger partial charge in [0.1, 0.15) is 11.3 Å². The Morgan fingerprint density at radius 1 is 1.24 bits per heavy atom. The minimum Gasteiger partial charge on any atom is -0.497 e. The van der Waals surface area contributed by atoms with E-state index in [0.717, 1.165) is 49.2 Å².